The lowest BCUT2D eigenvalue weighted by Gasteiger charge is -2.24. The van der Waals surface area contributed by atoms with Crippen LogP contribution >= 0.6 is 0 Å². The number of benzene rings is 1. The maximum atomic E-state index is 12.4. The van der Waals surface area contributed by atoms with Crippen molar-refractivity contribution in [2.24, 2.45) is 0 Å². The number of sulfonamides is 2. The van der Waals surface area contributed by atoms with Gasteiger partial charge >= 0.3 is 43.3 Å². The number of carbonyl (C=O) groups excluding carboxylic acids is 3. The molecule has 0 N–H and O–H groups in total. The van der Waals surface area contributed by atoms with Crippen LogP contribution in [0.5, 0.6) is 0 Å². The molecule has 1 aromatic carbocycles. The summed E-state index contributed by atoms with van der Waals surface area (Å²) in [6, 6.07) is 5.75. The van der Waals surface area contributed by atoms with Crippen LogP contribution in [0.1, 0.15) is 48.0 Å². The molecular formula is C27H37F6N3O12S3. The van der Waals surface area contributed by atoms with Gasteiger partial charge in [-0.05, 0) is 59.8 Å². The first-order valence-electron chi connectivity index (χ1n) is 14.2. The minimum atomic E-state index is -6.00. The zero-order valence-electron chi connectivity index (χ0n) is 28.2. The Morgan fingerprint density at radius 2 is 1.22 bits per heavy atom. The maximum absolute atomic E-state index is 12.4. The molecule has 1 aromatic rings. The number of hydrogen-bond acceptors (Lipinski definition) is 12. The van der Waals surface area contributed by atoms with Crippen molar-refractivity contribution in [3.05, 3.63) is 42.2 Å². The van der Waals surface area contributed by atoms with Crippen LogP contribution in [-0.2, 0) is 48.6 Å². The van der Waals surface area contributed by atoms with Gasteiger partial charge in [0, 0.05) is 19.5 Å². The second-order valence-corrected chi connectivity index (χ2v) is 17.8. The number of alkyl halides is 6. The van der Waals surface area contributed by atoms with Crippen LogP contribution in [-0.4, -0.2) is 108 Å². The van der Waals surface area contributed by atoms with Gasteiger partial charge in [0.25, 0.3) is 0 Å². The molecule has 3 rings (SSSR count). The Balaban J connectivity index is 0.000000391. The lowest BCUT2D eigenvalue weighted by Crippen LogP contribution is -2.44. The van der Waals surface area contributed by atoms with Gasteiger partial charge in [0.1, 0.15) is 17.0 Å². The van der Waals surface area contributed by atoms with Crippen molar-refractivity contribution in [2.75, 3.05) is 36.1 Å². The summed E-state index contributed by atoms with van der Waals surface area (Å²) in [5, 5.41) is 0. The molecule has 1 saturated heterocycles. The number of nitrogens with zero attached hydrogens (tertiary/aromatic N) is 3. The molecule has 2 aliphatic heterocycles. The SMILES string of the molecule is CC(C)(C)OC(=O)N1CC=C(OS(=O)(=O)C(F)(F)F)C1.CC(C)(C)OC(=O)N1CCC(=O)C1.CS(=O)(=O)N(c1ccccc1)S(=O)(=O)C(F)(F)F. The first-order chi connectivity index (χ1) is 22.7. The largest absolute Gasteiger partial charge is 0.534 e. The van der Waals surface area contributed by atoms with Crippen LogP contribution < -0.4 is 3.71 Å². The van der Waals surface area contributed by atoms with Gasteiger partial charge < -0.3 is 18.6 Å². The highest BCUT2D eigenvalue weighted by atomic mass is 32.3. The molecule has 0 atom stereocenters. The summed E-state index contributed by atoms with van der Waals surface area (Å²) in [6.45, 7) is 10.5. The van der Waals surface area contributed by atoms with E-state index in [-0.39, 0.29) is 18.9 Å². The summed E-state index contributed by atoms with van der Waals surface area (Å²) < 4.78 is 154. The molecule has 0 spiro atoms. The number of anilines is 1. The molecule has 0 unspecified atom stereocenters. The Hall–Kier alpha value is -3.80. The molecule has 292 valence electrons. The molecule has 15 nitrogen and oxygen atoms in total. The lowest BCUT2D eigenvalue weighted by atomic mass is 10.2. The van der Waals surface area contributed by atoms with E-state index in [4.69, 9.17) is 9.47 Å². The van der Waals surface area contributed by atoms with E-state index in [1.807, 2.05) is 20.8 Å². The number of amides is 2. The van der Waals surface area contributed by atoms with Crippen LogP contribution in [0.3, 0.4) is 0 Å². The monoisotopic (exact) mass is 805 g/mol. The van der Waals surface area contributed by atoms with Crippen LogP contribution in [0.15, 0.2) is 42.2 Å². The predicted molar refractivity (Wildman–Crippen MR) is 168 cm³/mol. The third-order valence-corrected chi connectivity index (χ3v) is 9.94. The molecule has 24 heteroatoms. The molecule has 0 bridgehead atoms. The van der Waals surface area contributed by atoms with Crippen LogP contribution in [0.25, 0.3) is 0 Å². The normalized spacial score (nSPS) is 15.9. The van der Waals surface area contributed by atoms with Gasteiger partial charge in [0.05, 0.1) is 25.0 Å². The number of para-hydroxylation sites is 1. The van der Waals surface area contributed by atoms with E-state index in [0.29, 0.717) is 19.2 Å². The van der Waals surface area contributed by atoms with E-state index in [2.05, 4.69) is 4.18 Å². The van der Waals surface area contributed by atoms with Crippen molar-refractivity contribution in [1.29, 1.82) is 0 Å². The smallest absolute Gasteiger partial charge is 0.444 e. The third kappa shape index (κ3) is 14.4. The summed E-state index contributed by atoms with van der Waals surface area (Å²) in [5.74, 6) is -0.362. The molecule has 0 saturated carbocycles. The fourth-order valence-electron chi connectivity index (χ4n) is 3.51. The third-order valence-electron chi connectivity index (χ3n) is 5.50. The van der Waals surface area contributed by atoms with Gasteiger partial charge in [-0.2, -0.15) is 46.9 Å². The number of likely N-dealkylation sites (tertiary alicyclic amines) is 1. The van der Waals surface area contributed by atoms with Crippen molar-refractivity contribution in [1.82, 2.24) is 9.80 Å². The molecule has 0 radical (unpaired) electrons. The molecular weight excluding hydrogens is 768 g/mol. The average molecular weight is 806 g/mol. The van der Waals surface area contributed by atoms with Gasteiger partial charge in [-0.1, -0.05) is 18.2 Å². The second-order valence-electron chi connectivity index (χ2n) is 12.5. The molecule has 51 heavy (non-hydrogen) atoms. The van der Waals surface area contributed by atoms with Crippen LogP contribution in [0, 0.1) is 0 Å². The van der Waals surface area contributed by atoms with Crippen molar-refractivity contribution >= 4 is 53.8 Å². The Bertz CT molecular complexity index is 1770. The molecule has 2 amide bonds. The standard InChI is InChI=1S/C10H14F3NO5S.C9H15NO3.C8H8F3NO4S2/c1-9(2,3)18-8(15)14-5-4-7(6-14)19-20(16,17)10(11,12)13;1-9(2,3)13-8(12)10-5-4-7(11)6-10;1-17(13,14)12(7-5-3-2-4-6-7)18(15,16)8(9,10)11/h4H,5-6H2,1-3H3;4-6H2,1-3H3;2-6H,1H3. The molecule has 0 aliphatic carbocycles. The quantitative estimate of drug-likeness (QED) is 0.231. The highest BCUT2D eigenvalue weighted by molar-refractivity contribution is 8.10. The number of hydrogen-bond donors (Lipinski definition) is 0. The van der Waals surface area contributed by atoms with Crippen molar-refractivity contribution in [3.63, 3.8) is 0 Å². The molecule has 1 fully saturated rings. The van der Waals surface area contributed by atoms with Crippen molar-refractivity contribution in [2.45, 2.75) is 70.2 Å². The van der Waals surface area contributed by atoms with Gasteiger partial charge in [0.15, 0.2) is 5.78 Å². The Morgan fingerprint density at radius 1 is 0.745 bits per heavy atom. The summed E-state index contributed by atoms with van der Waals surface area (Å²) in [6.07, 6.45) is 0.755. The molecule has 2 heterocycles. The molecule has 2 aliphatic rings. The van der Waals surface area contributed by atoms with E-state index >= 15 is 0 Å². The number of rotatable bonds is 5. The van der Waals surface area contributed by atoms with Crippen molar-refractivity contribution in [3.8, 4) is 0 Å². The minimum Gasteiger partial charge on any atom is -0.444 e. The van der Waals surface area contributed by atoms with Gasteiger partial charge in [-0.25, -0.2) is 18.0 Å². The average Bonchev–Trinajstić information content (AvgIpc) is 3.55. The Morgan fingerprint density at radius 3 is 1.59 bits per heavy atom. The topological polar surface area (TPSA) is 191 Å². The highest BCUT2D eigenvalue weighted by Gasteiger charge is 2.53. The fourth-order valence-corrected chi connectivity index (χ4v) is 6.78. The summed E-state index contributed by atoms with van der Waals surface area (Å²) >= 11 is 0. The summed E-state index contributed by atoms with van der Waals surface area (Å²) in [7, 11) is -16.3. The maximum Gasteiger partial charge on any atom is 0.534 e. The zero-order chi connectivity index (χ0) is 40.0. The first kappa shape index (κ1) is 45.2. The number of ketones is 1. The van der Waals surface area contributed by atoms with Gasteiger partial charge in [0.2, 0.25) is 10.0 Å². The predicted octanol–water partition coefficient (Wildman–Crippen LogP) is 4.49. The second kappa shape index (κ2) is 16.3. The van der Waals surface area contributed by atoms with Gasteiger partial charge in [-0.3, -0.25) is 9.69 Å². The fraction of sp³-hybridized carbons (Fsp3) is 0.593. The Kier molecular flexibility index (Phi) is 14.4. The van der Waals surface area contributed by atoms with Crippen LogP contribution in [0.4, 0.5) is 41.6 Å². The number of halogens is 6. The molecule has 0 aromatic heterocycles. The van der Waals surface area contributed by atoms with E-state index in [9.17, 15) is 66.0 Å². The van der Waals surface area contributed by atoms with E-state index in [1.165, 1.54) is 23.1 Å². The highest BCUT2D eigenvalue weighted by Crippen LogP contribution is 2.32. The summed E-state index contributed by atoms with van der Waals surface area (Å²) in [5.41, 5.74) is -13.1. The number of Topliss-reactive ketones (excluding diaryl/α,β-unsaturated/α-hetero) is 1. The van der Waals surface area contributed by atoms with E-state index in [0.717, 1.165) is 23.1 Å². The Labute approximate surface area is 291 Å². The van der Waals surface area contributed by atoms with E-state index in [1.54, 1.807) is 20.8 Å². The minimum absolute atomic E-state index is 0.0857. The number of ether oxygens (including phenoxy) is 2. The van der Waals surface area contributed by atoms with E-state index < -0.39 is 86.3 Å². The van der Waals surface area contributed by atoms with Crippen LogP contribution in [0.2, 0.25) is 0 Å². The van der Waals surface area contributed by atoms with Crippen molar-refractivity contribution < 1.29 is 79.6 Å². The first-order valence-corrected chi connectivity index (χ1v) is 18.9. The number of carbonyl (C=O) groups is 3. The van der Waals surface area contributed by atoms with Gasteiger partial charge in [-0.15, -0.1) is 0 Å². The zero-order valence-corrected chi connectivity index (χ0v) is 30.7. The lowest BCUT2D eigenvalue weighted by molar-refractivity contribution is -0.117. The summed E-state index contributed by atoms with van der Waals surface area (Å²) in [4.78, 5) is 36.3.